The first kappa shape index (κ1) is 17.3. The van der Waals surface area contributed by atoms with E-state index in [9.17, 15) is 0 Å². The first-order chi connectivity index (χ1) is 13.3. The number of likely N-dealkylation sites (N-methyl/N-ethyl adjacent to an activating group) is 1. The number of hydrogen-bond donors (Lipinski definition) is 1. The number of nitrogens with one attached hydrogen (secondary N) is 1. The lowest BCUT2D eigenvalue weighted by molar-refractivity contribution is 0.312. The Balaban J connectivity index is 1.41. The van der Waals surface area contributed by atoms with Crippen LogP contribution >= 0.6 is 0 Å². The molecule has 0 atom stereocenters. The highest BCUT2D eigenvalue weighted by Crippen LogP contribution is 2.24. The molecule has 0 bridgehead atoms. The van der Waals surface area contributed by atoms with E-state index in [1.54, 1.807) is 6.33 Å². The van der Waals surface area contributed by atoms with Gasteiger partial charge in [-0.1, -0.05) is 18.2 Å². The van der Waals surface area contributed by atoms with Crippen molar-refractivity contribution in [2.24, 2.45) is 0 Å². The minimum atomic E-state index is 0.788. The molecule has 0 unspecified atom stereocenters. The molecule has 3 aromatic rings. The Bertz CT molecular complexity index is 861. The van der Waals surface area contributed by atoms with E-state index in [2.05, 4.69) is 32.1 Å². The molecular formula is C21H23N5O. The Morgan fingerprint density at radius 1 is 0.852 bits per heavy atom. The molecule has 1 N–H and O–H groups in total. The van der Waals surface area contributed by atoms with E-state index < -0.39 is 0 Å². The first-order valence-electron chi connectivity index (χ1n) is 9.12. The predicted octanol–water partition coefficient (Wildman–Crippen LogP) is 3.76. The molecule has 0 saturated carbocycles. The molecule has 6 nitrogen and oxygen atoms in total. The van der Waals surface area contributed by atoms with Gasteiger partial charge in [0.1, 0.15) is 29.5 Å². The Kier molecular flexibility index (Phi) is 5.16. The molecule has 27 heavy (non-hydrogen) atoms. The number of aromatic nitrogens is 2. The molecule has 0 radical (unpaired) electrons. The second kappa shape index (κ2) is 8.05. The molecule has 6 heteroatoms. The van der Waals surface area contributed by atoms with E-state index in [0.29, 0.717) is 0 Å². The van der Waals surface area contributed by atoms with Crippen molar-refractivity contribution in [3.63, 3.8) is 0 Å². The van der Waals surface area contributed by atoms with Crippen molar-refractivity contribution >= 4 is 17.3 Å². The van der Waals surface area contributed by atoms with Gasteiger partial charge in [-0.15, -0.1) is 0 Å². The van der Waals surface area contributed by atoms with Crippen molar-refractivity contribution in [3.8, 4) is 11.5 Å². The van der Waals surface area contributed by atoms with Gasteiger partial charge in [-0.3, -0.25) is 0 Å². The van der Waals surface area contributed by atoms with Crippen LogP contribution in [0.3, 0.4) is 0 Å². The highest BCUT2D eigenvalue weighted by atomic mass is 16.5. The highest BCUT2D eigenvalue weighted by molar-refractivity contribution is 5.60. The lowest BCUT2D eigenvalue weighted by Gasteiger charge is -2.33. The van der Waals surface area contributed by atoms with Crippen molar-refractivity contribution in [1.29, 1.82) is 0 Å². The highest BCUT2D eigenvalue weighted by Gasteiger charge is 2.15. The maximum Gasteiger partial charge on any atom is 0.135 e. The molecule has 0 aliphatic carbocycles. The zero-order valence-corrected chi connectivity index (χ0v) is 15.4. The maximum absolute atomic E-state index is 5.83. The fourth-order valence-electron chi connectivity index (χ4n) is 3.00. The van der Waals surface area contributed by atoms with Gasteiger partial charge in [0.15, 0.2) is 0 Å². The van der Waals surface area contributed by atoms with Gasteiger partial charge in [0.2, 0.25) is 0 Å². The lowest BCUT2D eigenvalue weighted by Crippen LogP contribution is -2.44. The SMILES string of the molecule is CN1CCN(c2cc(Nc3ccc(Oc4ccccc4)cc3)ncn2)CC1. The summed E-state index contributed by atoms with van der Waals surface area (Å²) in [6.45, 7) is 4.07. The number of piperazine rings is 1. The summed E-state index contributed by atoms with van der Waals surface area (Å²) in [6.07, 6.45) is 1.61. The first-order valence-corrected chi connectivity index (χ1v) is 9.12. The second-order valence-corrected chi connectivity index (χ2v) is 6.62. The van der Waals surface area contributed by atoms with Gasteiger partial charge in [0.05, 0.1) is 0 Å². The lowest BCUT2D eigenvalue weighted by atomic mass is 10.3. The van der Waals surface area contributed by atoms with Gasteiger partial charge < -0.3 is 19.9 Å². The summed E-state index contributed by atoms with van der Waals surface area (Å²) in [6, 6.07) is 19.6. The number of nitrogens with zero attached hydrogens (tertiary/aromatic N) is 4. The fourth-order valence-corrected chi connectivity index (χ4v) is 3.00. The Morgan fingerprint density at radius 3 is 2.30 bits per heavy atom. The molecule has 2 heterocycles. The van der Waals surface area contributed by atoms with Crippen molar-refractivity contribution < 1.29 is 4.74 Å². The van der Waals surface area contributed by atoms with Crippen LogP contribution in [0.1, 0.15) is 0 Å². The minimum Gasteiger partial charge on any atom is -0.457 e. The number of benzene rings is 2. The Labute approximate surface area is 159 Å². The Hall–Kier alpha value is -3.12. The summed E-state index contributed by atoms with van der Waals surface area (Å²) in [4.78, 5) is 13.4. The Morgan fingerprint density at radius 2 is 1.56 bits per heavy atom. The van der Waals surface area contributed by atoms with Gasteiger partial charge in [-0.05, 0) is 43.4 Å². The van der Waals surface area contributed by atoms with Crippen LogP contribution in [0.5, 0.6) is 11.5 Å². The molecule has 1 fully saturated rings. The fraction of sp³-hybridized carbons (Fsp3) is 0.238. The third-order valence-corrected chi connectivity index (χ3v) is 4.59. The van der Waals surface area contributed by atoms with Crippen LogP contribution in [0.4, 0.5) is 17.3 Å². The zero-order valence-electron chi connectivity index (χ0n) is 15.4. The van der Waals surface area contributed by atoms with E-state index >= 15 is 0 Å². The standard InChI is InChI=1S/C21H23N5O/c1-25-11-13-26(14-12-25)21-15-20(22-16-23-21)24-17-7-9-19(10-8-17)27-18-5-3-2-4-6-18/h2-10,15-16H,11-14H2,1H3,(H,22,23,24). The van der Waals surface area contributed by atoms with Crippen LogP contribution in [0.15, 0.2) is 67.0 Å². The smallest absolute Gasteiger partial charge is 0.135 e. The van der Waals surface area contributed by atoms with Crippen LogP contribution < -0.4 is 15.0 Å². The van der Waals surface area contributed by atoms with Crippen molar-refractivity contribution in [3.05, 3.63) is 67.0 Å². The molecule has 1 saturated heterocycles. The molecule has 1 aliphatic rings. The average molecular weight is 361 g/mol. The number of para-hydroxylation sites is 1. The van der Waals surface area contributed by atoms with Crippen molar-refractivity contribution in [1.82, 2.24) is 14.9 Å². The number of ether oxygens (including phenoxy) is 1. The second-order valence-electron chi connectivity index (χ2n) is 6.62. The van der Waals surface area contributed by atoms with E-state index in [1.165, 1.54) is 0 Å². The van der Waals surface area contributed by atoms with Gasteiger partial charge in [-0.2, -0.15) is 0 Å². The number of anilines is 3. The van der Waals surface area contributed by atoms with Crippen LogP contribution in [0.2, 0.25) is 0 Å². The summed E-state index contributed by atoms with van der Waals surface area (Å²) in [5.41, 5.74) is 0.957. The van der Waals surface area contributed by atoms with E-state index in [-0.39, 0.29) is 0 Å². The van der Waals surface area contributed by atoms with Crippen LogP contribution in [-0.4, -0.2) is 48.1 Å². The molecular weight excluding hydrogens is 338 g/mol. The molecule has 1 aromatic heterocycles. The molecule has 1 aliphatic heterocycles. The zero-order chi connectivity index (χ0) is 18.5. The predicted molar refractivity (Wildman–Crippen MR) is 108 cm³/mol. The monoisotopic (exact) mass is 361 g/mol. The van der Waals surface area contributed by atoms with E-state index in [0.717, 1.165) is 55.0 Å². The van der Waals surface area contributed by atoms with Gasteiger partial charge in [-0.25, -0.2) is 9.97 Å². The minimum absolute atomic E-state index is 0.788. The van der Waals surface area contributed by atoms with Crippen LogP contribution in [-0.2, 0) is 0 Å². The third kappa shape index (κ3) is 4.54. The number of hydrogen-bond acceptors (Lipinski definition) is 6. The number of rotatable bonds is 5. The van der Waals surface area contributed by atoms with Crippen LogP contribution in [0.25, 0.3) is 0 Å². The van der Waals surface area contributed by atoms with Gasteiger partial charge >= 0.3 is 0 Å². The summed E-state index contributed by atoms with van der Waals surface area (Å²) in [7, 11) is 2.15. The summed E-state index contributed by atoms with van der Waals surface area (Å²) in [5.74, 6) is 3.37. The summed E-state index contributed by atoms with van der Waals surface area (Å²) >= 11 is 0. The topological polar surface area (TPSA) is 53.5 Å². The molecule has 4 rings (SSSR count). The maximum atomic E-state index is 5.83. The van der Waals surface area contributed by atoms with Crippen molar-refractivity contribution in [2.45, 2.75) is 0 Å². The average Bonchev–Trinajstić information content (AvgIpc) is 2.71. The third-order valence-electron chi connectivity index (χ3n) is 4.59. The normalized spacial score (nSPS) is 14.8. The van der Waals surface area contributed by atoms with Gasteiger partial charge in [0, 0.05) is 37.9 Å². The van der Waals surface area contributed by atoms with Crippen molar-refractivity contribution in [2.75, 3.05) is 43.4 Å². The van der Waals surface area contributed by atoms with E-state index in [4.69, 9.17) is 4.74 Å². The van der Waals surface area contributed by atoms with E-state index in [1.807, 2.05) is 60.7 Å². The summed E-state index contributed by atoms with van der Waals surface area (Å²) in [5, 5.41) is 3.34. The molecule has 0 amide bonds. The molecule has 0 spiro atoms. The molecule has 138 valence electrons. The summed E-state index contributed by atoms with van der Waals surface area (Å²) < 4.78 is 5.83. The largest absolute Gasteiger partial charge is 0.457 e. The quantitative estimate of drug-likeness (QED) is 0.747. The van der Waals surface area contributed by atoms with Gasteiger partial charge in [0.25, 0.3) is 0 Å². The molecule has 2 aromatic carbocycles. The van der Waals surface area contributed by atoms with Crippen LogP contribution in [0, 0.1) is 0 Å².